The highest BCUT2D eigenvalue weighted by Crippen LogP contribution is 2.21. The highest BCUT2D eigenvalue weighted by molar-refractivity contribution is 6.07. The minimum absolute atomic E-state index is 0.0326. The van der Waals surface area contributed by atoms with Gasteiger partial charge in [-0.15, -0.1) is 0 Å². The molecule has 2 rings (SSSR count). The second-order valence-corrected chi connectivity index (χ2v) is 5.33. The van der Waals surface area contributed by atoms with Gasteiger partial charge in [-0.05, 0) is 19.1 Å². The maximum Gasteiger partial charge on any atom is 0.291 e. The van der Waals surface area contributed by atoms with Gasteiger partial charge in [0.15, 0.2) is 0 Å². The van der Waals surface area contributed by atoms with Crippen LogP contribution in [0.3, 0.4) is 0 Å². The maximum atomic E-state index is 12.1. The van der Waals surface area contributed by atoms with E-state index in [1.54, 1.807) is 31.2 Å². The van der Waals surface area contributed by atoms with Crippen molar-refractivity contribution in [1.29, 1.82) is 0 Å². The topological polar surface area (TPSA) is 125 Å². The Morgan fingerprint density at radius 2 is 1.73 bits per heavy atom. The van der Waals surface area contributed by atoms with Crippen LogP contribution in [0.4, 0.5) is 11.4 Å². The third kappa shape index (κ3) is 5.78. The van der Waals surface area contributed by atoms with Gasteiger partial charge in [0.1, 0.15) is 5.69 Å². The summed E-state index contributed by atoms with van der Waals surface area (Å²) < 4.78 is 0. The minimum atomic E-state index is -0.520. The lowest BCUT2D eigenvalue weighted by Gasteiger charge is -2.11. The van der Waals surface area contributed by atoms with E-state index in [9.17, 15) is 14.4 Å². The second kappa shape index (κ2) is 9.02. The van der Waals surface area contributed by atoms with E-state index in [0.29, 0.717) is 17.1 Å². The van der Waals surface area contributed by atoms with Crippen LogP contribution in [0.25, 0.3) is 0 Å². The molecule has 0 radical (unpaired) electrons. The number of aromatic nitrogens is 2. The quantitative estimate of drug-likeness (QED) is 0.536. The van der Waals surface area contributed by atoms with Gasteiger partial charge >= 0.3 is 0 Å². The highest BCUT2D eigenvalue weighted by atomic mass is 16.2. The van der Waals surface area contributed by atoms with E-state index in [1.165, 1.54) is 25.5 Å². The number of nitrogens with one attached hydrogen (secondary N) is 3. The lowest BCUT2D eigenvalue weighted by molar-refractivity contribution is -0.115. The zero-order valence-corrected chi connectivity index (χ0v) is 14.3. The van der Waals surface area contributed by atoms with Gasteiger partial charge in [0, 0.05) is 25.0 Å². The number of carbonyl (C=O) groups excluding carboxylic acids is 3. The van der Waals surface area contributed by atoms with Gasteiger partial charge in [-0.2, -0.15) is 5.10 Å². The van der Waals surface area contributed by atoms with Crippen molar-refractivity contribution >= 4 is 34.8 Å². The van der Waals surface area contributed by atoms with Crippen molar-refractivity contribution in [2.75, 3.05) is 10.6 Å². The molecule has 0 saturated heterocycles. The van der Waals surface area contributed by atoms with Gasteiger partial charge in [-0.25, -0.2) is 10.4 Å². The van der Waals surface area contributed by atoms with Crippen LogP contribution in [0.1, 0.15) is 30.8 Å². The van der Waals surface area contributed by atoms with E-state index in [1.807, 2.05) is 0 Å². The Kier molecular flexibility index (Phi) is 6.49. The first-order valence-corrected chi connectivity index (χ1v) is 7.71. The molecule has 0 bridgehead atoms. The van der Waals surface area contributed by atoms with Crippen LogP contribution in [0.15, 0.2) is 48.0 Å². The zero-order chi connectivity index (χ0) is 18.9. The number of amides is 3. The third-order valence-corrected chi connectivity index (χ3v) is 3.07. The van der Waals surface area contributed by atoms with E-state index in [0.717, 1.165) is 0 Å². The van der Waals surface area contributed by atoms with Gasteiger partial charge in [-0.3, -0.25) is 19.4 Å². The van der Waals surface area contributed by atoms with Crippen molar-refractivity contribution in [2.24, 2.45) is 5.10 Å². The number of hydrogen-bond acceptors (Lipinski definition) is 6. The van der Waals surface area contributed by atoms with Crippen LogP contribution < -0.4 is 16.1 Å². The van der Waals surface area contributed by atoms with Crippen molar-refractivity contribution < 1.29 is 14.4 Å². The molecule has 2 aromatic rings. The molecule has 1 aromatic heterocycles. The van der Waals surface area contributed by atoms with Gasteiger partial charge in [0.05, 0.1) is 24.0 Å². The molecular formula is C17H18N6O3. The average Bonchev–Trinajstić information content (AvgIpc) is 2.61. The molecule has 0 spiro atoms. The van der Waals surface area contributed by atoms with Crippen LogP contribution in [-0.4, -0.2) is 33.4 Å². The number of nitrogens with zero attached hydrogens (tertiary/aromatic N) is 3. The molecule has 1 aromatic carbocycles. The van der Waals surface area contributed by atoms with E-state index >= 15 is 0 Å². The largest absolute Gasteiger partial charge is 0.325 e. The number of hydrazone groups is 1. The van der Waals surface area contributed by atoms with Crippen LogP contribution in [0, 0.1) is 0 Å². The summed E-state index contributed by atoms with van der Waals surface area (Å²) in [7, 11) is 0. The Morgan fingerprint density at radius 1 is 1.04 bits per heavy atom. The van der Waals surface area contributed by atoms with Gasteiger partial charge in [0.2, 0.25) is 11.8 Å². The third-order valence-electron chi connectivity index (χ3n) is 3.07. The average molecular weight is 354 g/mol. The first-order valence-electron chi connectivity index (χ1n) is 7.71. The van der Waals surface area contributed by atoms with Crippen molar-refractivity contribution in [2.45, 2.75) is 20.3 Å². The molecule has 9 nitrogen and oxygen atoms in total. The summed E-state index contributed by atoms with van der Waals surface area (Å²) in [5, 5.41) is 9.20. The van der Waals surface area contributed by atoms with Crippen LogP contribution >= 0.6 is 0 Å². The molecular weight excluding hydrogens is 336 g/mol. The Morgan fingerprint density at radius 3 is 2.35 bits per heavy atom. The van der Waals surface area contributed by atoms with Gasteiger partial charge in [0.25, 0.3) is 5.91 Å². The molecule has 0 aliphatic heterocycles. The Labute approximate surface area is 149 Å². The predicted octanol–water partition coefficient (Wildman–Crippen LogP) is 1.57. The molecule has 0 aliphatic carbocycles. The number of rotatable bonds is 6. The summed E-state index contributed by atoms with van der Waals surface area (Å²) in [5.74, 6) is -1.09. The standard InChI is InChI=1S/C17H18N6O3/c1-11(22-23-17(26)15-10-18-7-8-19-15)9-16(25)21-14-6-4-3-5-13(14)20-12(2)24/h3-8,10H,9H2,1-2H3,(H,20,24)(H,21,25)(H,23,26)/b22-11-. The highest BCUT2D eigenvalue weighted by Gasteiger charge is 2.10. The predicted molar refractivity (Wildman–Crippen MR) is 96.6 cm³/mol. The molecule has 26 heavy (non-hydrogen) atoms. The fourth-order valence-electron chi connectivity index (χ4n) is 1.98. The molecule has 0 atom stereocenters. The Balaban J connectivity index is 1.93. The molecule has 0 aliphatic rings. The summed E-state index contributed by atoms with van der Waals surface area (Å²) in [6.45, 7) is 2.99. The zero-order valence-electron chi connectivity index (χ0n) is 14.3. The van der Waals surface area contributed by atoms with E-state index in [2.05, 4.69) is 31.1 Å². The normalized spacial score (nSPS) is 10.8. The monoisotopic (exact) mass is 354 g/mol. The Bertz CT molecular complexity index is 835. The number of benzene rings is 1. The fourth-order valence-corrected chi connectivity index (χ4v) is 1.98. The fraction of sp³-hybridized carbons (Fsp3) is 0.176. The maximum absolute atomic E-state index is 12.1. The number of para-hydroxylation sites is 2. The van der Waals surface area contributed by atoms with E-state index < -0.39 is 5.91 Å². The van der Waals surface area contributed by atoms with Crippen LogP contribution in [0.5, 0.6) is 0 Å². The number of carbonyl (C=O) groups is 3. The first-order chi connectivity index (χ1) is 12.5. The molecule has 0 unspecified atom stereocenters. The molecule has 9 heteroatoms. The molecule has 3 N–H and O–H groups in total. The van der Waals surface area contributed by atoms with Gasteiger partial charge < -0.3 is 10.6 Å². The van der Waals surface area contributed by atoms with Crippen molar-refractivity contribution in [3.63, 3.8) is 0 Å². The number of hydrogen-bond donors (Lipinski definition) is 3. The summed E-state index contributed by atoms with van der Waals surface area (Å²) in [5.41, 5.74) is 3.81. The first kappa shape index (κ1) is 18.7. The molecule has 3 amide bonds. The molecule has 0 fully saturated rings. The SMILES string of the molecule is CC(=O)Nc1ccccc1NC(=O)C/C(C)=N\NC(=O)c1cnccn1. The lowest BCUT2D eigenvalue weighted by Crippen LogP contribution is -2.22. The molecule has 0 saturated carbocycles. The molecule has 1 heterocycles. The minimum Gasteiger partial charge on any atom is -0.325 e. The summed E-state index contributed by atoms with van der Waals surface area (Å²) in [6.07, 6.45) is 4.13. The van der Waals surface area contributed by atoms with Crippen LogP contribution in [0.2, 0.25) is 0 Å². The van der Waals surface area contributed by atoms with E-state index in [4.69, 9.17) is 0 Å². The summed E-state index contributed by atoms with van der Waals surface area (Å²) >= 11 is 0. The lowest BCUT2D eigenvalue weighted by atomic mass is 10.2. The number of anilines is 2. The van der Waals surface area contributed by atoms with Crippen molar-refractivity contribution in [1.82, 2.24) is 15.4 Å². The summed E-state index contributed by atoms with van der Waals surface area (Å²) in [6, 6.07) is 6.84. The van der Waals surface area contributed by atoms with Gasteiger partial charge in [-0.1, -0.05) is 12.1 Å². The molecule has 134 valence electrons. The van der Waals surface area contributed by atoms with Crippen molar-refractivity contribution in [3.05, 3.63) is 48.5 Å². The smallest absolute Gasteiger partial charge is 0.291 e. The Hall–Kier alpha value is -3.62. The summed E-state index contributed by atoms with van der Waals surface area (Å²) in [4.78, 5) is 42.8. The van der Waals surface area contributed by atoms with E-state index in [-0.39, 0.29) is 23.9 Å². The van der Waals surface area contributed by atoms with Crippen molar-refractivity contribution in [3.8, 4) is 0 Å². The second-order valence-electron chi connectivity index (χ2n) is 5.33. The van der Waals surface area contributed by atoms with Crippen LogP contribution in [-0.2, 0) is 9.59 Å².